The van der Waals surface area contributed by atoms with E-state index in [9.17, 15) is 19.5 Å². The molecule has 1 unspecified atom stereocenters. The lowest BCUT2D eigenvalue weighted by molar-refractivity contribution is 0.0925. The number of aliphatic hydroxyl groups is 1. The van der Waals surface area contributed by atoms with Crippen LogP contribution in [0.2, 0.25) is 0 Å². The number of nitrogens with one attached hydrogen (secondary N) is 2. The molecular formula is C18H17N5O4. The van der Waals surface area contributed by atoms with Crippen molar-refractivity contribution in [3.8, 4) is 0 Å². The highest BCUT2D eigenvalue weighted by Gasteiger charge is 2.43. The van der Waals surface area contributed by atoms with E-state index < -0.39 is 22.6 Å². The van der Waals surface area contributed by atoms with E-state index in [1.165, 1.54) is 22.9 Å². The van der Waals surface area contributed by atoms with Crippen molar-refractivity contribution in [2.24, 2.45) is 0 Å². The van der Waals surface area contributed by atoms with Crippen LogP contribution in [0.3, 0.4) is 0 Å². The van der Waals surface area contributed by atoms with Gasteiger partial charge in [0.05, 0.1) is 16.3 Å². The van der Waals surface area contributed by atoms with Gasteiger partial charge in [0.15, 0.2) is 5.43 Å². The molecule has 0 saturated carbocycles. The first-order chi connectivity index (χ1) is 12.8. The largest absolute Gasteiger partial charge is 0.396 e. The second-order valence-corrected chi connectivity index (χ2v) is 6.53. The number of hydrogen-bond donors (Lipinski definition) is 4. The molecule has 0 bridgehead atoms. The Morgan fingerprint density at radius 3 is 2.81 bits per heavy atom. The Morgan fingerprint density at radius 1 is 1.41 bits per heavy atom. The molecule has 3 aromatic rings. The SMILES string of the molecule is C=CC1(CCO)NC(=O)c2c(C)c3c(=O)c4cnc(N)cc4[nH]c3c(=O)n21. The molecule has 9 heteroatoms. The average molecular weight is 367 g/mol. The smallest absolute Gasteiger partial charge is 0.277 e. The number of fused-ring (bicyclic) bond motifs is 3. The van der Waals surface area contributed by atoms with Crippen LogP contribution < -0.4 is 22.0 Å². The molecule has 0 spiro atoms. The van der Waals surface area contributed by atoms with Crippen molar-refractivity contribution >= 4 is 33.5 Å². The van der Waals surface area contributed by atoms with Gasteiger partial charge < -0.3 is 21.1 Å². The number of nitrogens with two attached hydrogens (primary N) is 1. The summed E-state index contributed by atoms with van der Waals surface area (Å²) < 4.78 is 1.25. The van der Waals surface area contributed by atoms with Crippen LogP contribution >= 0.6 is 0 Å². The molecule has 138 valence electrons. The summed E-state index contributed by atoms with van der Waals surface area (Å²) in [6.45, 7) is 5.05. The molecule has 1 aliphatic rings. The monoisotopic (exact) mass is 367 g/mol. The Morgan fingerprint density at radius 2 is 2.15 bits per heavy atom. The molecule has 5 N–H and O–H groups in total. The molecule has 4 rings (SSSR count). The van der Waals surface area contributed by atoms with Gasteiger partial charge in [0.25, 0.3) is 11.5 Å². The Kier molecular flexibility index (Phi) is 3.47. The van der Waals surface area contributed by atoms with Gasteiger partial charge in [0, 0.05) is 25.3 Å². The lowest BCUT2D eigenvalue weighted by Crippen LogP contribution is -2.46. The van der Waals surface area contributed by atoms with Gasteiger partial charge in [-0.15, -0.1) is 0 Å². The van der Waals surface area contributed by atoms with Gasteiger partial charge in [-0.1, -0.05) is 6.58 Å². The minimum atomic E-state index is -1.26. The van der Waals surface area contributed by atoms with E-state index >= 15 is 0 Å². The summed E-state index contributed by atoms with van der Waals surface area (Å²) in [6, 6.07) is 1.47. The van der Waals surface area contributed by atoms with Crippen LogP contribution in [0.25, 0.3) is 21.8 Å². The second-order valence-electron chi connectivity index (χ2n) is 6.53. The summed E-state index contributed by atoms with van der Waals surface area (Å²) in [7, 11) is 0. The highest BCUT2D eigenvalue weighted by atomic mass is 16.3. The van der Waals surface area contributed by atoms with Crippen LogP contribution in [0.15, 0.2) is 34.5 Å². The Labute approximate surface area is 152 Å². The molecule has 1 atom stereocenters. The number of rotatable bonds is 3. The first-order valence-corrected chi connectivity index (χ1v) is 8.29. The molecule has 3 aromatic heterocycles. The van der Waals surface area contributed by atoms with Gasteiger partial charge >= 0.3 is 0 Å². The fraction of sp³-hybridized carbons (Fsp3) is 0.222. The molecule has 0 aromatic carbocycles. The summed E-state index contributed by atoms with van der Waals surface area (Å²) in [5, 5.41) is 12.5. The Bertz CT molecular complexity index is 1270. The van der Waals surface area contributed by atoms with Crippen molar-refractivity contribution in [2.75, 3.05) is 12.3 Å². The minimum Gasteiger partial charge on any atom is -0.396 e. The van der Waals surface area contributed by atoms with Crippen molar-refractivity contribution in [3.63, 3.8) is 0 Å². The lowest BCUT2D eigenvalue weighted by atomic mass is 10.0. The highest BCUT2D eigenvalue weighted by Crippen LogP contribution is 2.30. The van der Waals surface area contributed by atoms with E-state index in [0.29, 0.717) is 11.1 Å². The molecule has 1 aliphatic heterocycles. The average Bonchev–Trinajstić information content (AvgIpc) is 2.92. The van der Waals surface area contributed by atoms with E-state index in [0.717, 1.165) is 0 Å². The number of carbonyl (C=O) groups is 1. The van der Waals surface area contributed by atoms with Crippen LogP contribution in [0.1, 0.15) is 22.5 Å². The molecular weight excluding hydrogens is 350 g/mol. The summed E-state index contributed by atoms with van der Waals surface area (Å²) in [4.78, 5) is 45.8. The third-order valence-electron chi connectivity index (χ3n) is 5.05. The summed E-state index contributed by atoms with van der Waals surface area (Å²) >= 11 is 0. The van der Waals surface area contributed by atoms with Gasteiger partial charge in [0.2, 0.25) is 0 Å². The number of aromatic amines is 1. The molecule has 1 amide bonds. The molecule has 0 saturated heterocycles. The van der Waals surface area contributed by atoms with Crippen molar-refractivity contribution in [1.29, 1.82) is 0 Å². The van der Waals surface area contributed by atoms with Gasteiger partial charge in [-0.2, -0.15) is 0 Å². The predicted molar refractivity (Wildman–Crippen MR) is 101 cm³/mol. The van der Waals surface area contributed by atoms with Crippen LogP contribution in [0, 0.1) is 6.92 Å². The maximum absolute atomic E-state index is 13.3. The molecule has 27 heavy (non-hydrogen) atoms. The van der Waals surface area contributed by atoms with Gasteiger partial charge in [-0.25, -0.2) is 4.98 Å². The fourth-order valence-electron chi connectivity index (χ4n) is 3.77. The third-order valence-corrected chi connectivity index (χ3v) is 5.05. The second kappa shape index (κ2) is 5.52. The van der Waals surface area contributed by atoms with Crippen molar-refractivity contribution < 1.29 is 9.90 Å². The van der Waals surface area contributed by atoms with Crippen molar-refractivity contribution in [1.82, 2.24) is 19.9 Å². The number of hydrogen-bond acceptors (Lipinski definition) is 6. The zero-order valence-corrected chi connectivity index (χ0v) is 14.5. The Hall–Kier alpha value is -3.46. The zero-order valence-electron chi connectivity index (χ0n) is 14.5. The lowest BCUT2D eigenvalue weighted by Gasteiger charge is -2.27. The molecule has 0 fully saturated rings. The maximum atomic E-state index is 13.3. The standard InChI is InChI=1S/C18H17N5O4/c1-3-18(4-5-24)22-16(26)14-8(2)12-13(17(27)23(14)18)21-10-6-11(19)20-7-9(10)15(12)25/h3,6-7,24H,1,4-5H2,2H3,(H2,19,20)(H,21,25)(H,22,26). The van der Waals surface area contributed by atoms with Gasteiger partial charge in [0.1, 0.15) is 22.7 Å². The quantitative estimate of drug-likeness (QED) is 0.382. The first kappa shape index (κ1) is 17.0. The summed E-state index contributed by atoms with van der Waals surface area (Å²) in [5.41, 5.74) is 4.33. The van der Waals surface area contributed by atoms with Crippen molar-refractivity contribution in [2.45, 2.75) is 19.0 Å². The van der Waals surface area contributed by atoms with E-state index in [2.05, 4.69) is 21.9 Å². The minimum absolute atomic E-state index is 0.0556. The number of aliphatic hydroxyl groups excluding tert-OH is 1. The zero-order chi connectivity index (χ0) is 19.5. The normalized spacial score (nSPS) is 18.7. The Balaban J connectivity index is 2.25. The molecule has 9 nitrogen and oxygen atoms in total. The van der Waals surface area contributed by atoms with E-state index in [1.807, 2.05) is 0 Å². The maximum Gasteiger partial charge on any atom is 0.277 e. The summed E-state index contributed by atoms with van der Waals surface area (Å²) in [5.74, 6) is -0.303. The van der Waals surface area contributed by atoms with Crippen LogP contribution in [0.4, 0.5) is 5.82 Å². The van der Waals surface area contributed by atoms with Crippen molar-refractivity contribution in [3.05, 3.63) is 56.8 Å². The number of anilines is 1. The highest BCUT2D eigenvalue weighted by molar-refractivity contribution is 6.03. The number of nitrogens with zero attached hydrogens (tertiary/aromatic N) is 2. The number of aromatic nitrogens is 3. The number of amides is 1. The fourth-order valence-corrected chi connectivity index (χ4v) is 3.77. The van der Waals surface area contributed by atoms with Crippen LogP contribution in [0.5, 0.6) is 0 Å². The molecule has 0 radical (unpaired) electrons. The summed E-state index contributed by atoms with van der Waals surface area (Å²) in [6.07, 6.45) is 2.81. The van der Waals surface area contributed by atoms with Crippen LogP contribution in [-0.4, -0.2) is 32.2 Å². The predicted octanol–water partition coefficient (Wildman–Crippen LogP) is 0.0932. The third kappa shape index (κ3) is 2.08. The molecule has 0 aliphatic carbocycles. The van der Waals surface area contributed by atoms with Crippen LogP contribution in [-0.2, 0) is 5.66 Å². The topological polar surface area (TPSA) is 143 Å². The number of aryl methyl sites for hydroxylation is 1. The van der Waals surface area contributed by atoms with E-state index in [1.54, 1.807) is 6.92 Å². The van der Waals surface area contributed by atoms with E-state index in [-0.39, 0.29) is 40.8 Å². The van der Waals surface area contributed by atoms with Gasteiger partial charge in [-0.05, 0) is 18.6 Å². The van der Waals surface area contributed by atoms with Gasteiger partial charge in [-0.3, -0.25) is 19.0 Å². The first-order valence-electron chi connectivity index (χ1n) is 8.29. The number of carbonyl (C=O) groups excluding carboxylic acids is 1. The number of H-pyrrole nitrogens is 1. The molecule has 4 heterocycles. The number of pyridine rings is 3. The number of nitrogen functional groups attached to an aromatic ring is 1. The van der Waals surface area contributed by atoms with E-state index in [4.69, 9.17) is 5.73 Å².